The van der Waals surface area contributed by atoms with Gasteiger partial charge in [-0.05, 0) is 64.6 Å². The first-order chi connectivity index (χ1) is 25.0. The van der Waals surface area contributed by atoms with E-state index in [1.807, 2.05) is 110 Å². The number of pyridine rings is 1. The normalized spacial score (nSPS) is 11.3. The van der Waals surface area contributed by atoms with Crippen molar-refractivity contribution >= 4 is 5.97 Å². The van der Waals surface area contributed by atoms with Crippen molar-refractivity contribution in [3.05, 3.63) is 173 Å². The number of carbonyl (C=O) groups excluding carboxylic acids is 1. The second-order valence-electron chi connectivity index (χ2n) is 12.1. The maximum Gasteiger partial charge on any atom is 0.340 e. The lowest BCUT2D eigenvalue weighted by Gasteiger charge is -2.36. The van der Waals surface area contributed by atoms with Crippen molar-refractivity contribution in [3.8, 4) is 39.4 Å². The SMILES string of the molecule is CCOC(=O)c1c(C)nc(C)c(OC)c1-c1ccc(-c2ccccc2-c2nnnn2C(c2ccccc2)(c2ccccc2)c2ccccc2)cc1. The molecule has 0 saturated carbocycles. The van der Waals surface area contributed by atoms with Crippen molar-refractivity contribution in [3.63, 3.8) is 0 Å². The topological polar surface area (TPSA) is 92.0 Å². The highest BCUT2D eigenvalue weighted by molar-refractivity contribution is 6.00. The zero-order valence-corrected chi connectivity index (χ0v) is 28.9. The minimum Gasteiger partial charge on any atom is -0.494 e. The molecule has 0 saturated heterocycles. The first-order valence-electron chi connectivity index (χ1n) is 16.9. The average molecular weight is 672 g/mol. The Kier molecular flexibility index (Phi) is 9.22. The lowest BCUT2D eigenvalue weighted by Crippen LogP contribution is -2.39. The molecule has 0 bridgehead atoms. The van der Waals surface area contributed by atoms with Crippen LogP contribution >= 0.6 is 0 Å². The van der Waals surface area contributed by atoms with Gasteiger partial charge in [-0.2, -0.15) is 0 Å². The summed E-state index contributed by atoms with van der Waals surface area (Å²) in [5.41, 5.74) is 8.07. The zero-order chi connectivity index (χ0) is 35.4. The maximum atomic E-state index is 13.2. The molecule has 7 rings (SSSR count). The molecule has 252 valence electrons. The predicted octanol–water partition coefficient (Wildman–Crippen LogP) is 8.71. The second kappa shape index (κ2) is 14.2. The summed E-state index contributed by atoms with van der Waals surface area (Å²) in [4.78, 5) is 17.8. The van der Waals surface area contributed by atoms with Gasteiger partial charge >= 0.3 is 5.97 Å². The van der Waals surface area contributed by atoms with Gasteiger partial charge in [-0.3, -0.25) is 4.98 Å². The standard InChI is InChI=1S/C43H37N5O3/c1-5-51-42(49)38-29(2)44-30(3)40(50-4)39(38)32-27-25-31(26-28-32)36-23-15-16-24-37(36)41-45-46-47-48(41)43(33-17-9-6-10-18-33,34-19-11-7-12-20-34)35-21-13-8-14-22-35/h6-28H,5H2,1-4H3. The van der Waals surface area contributed by atoms with E-state index in [0.29, 0.717) is 34.1 Å². The van der Waals surface area contributed by atoms with Gasteiger partial charge in [-0.25, -0.2) is 9.48 Å². The molecule has 0 unspecified atom stereocenters. The Labute approximate surface area is 297 Å². The predicted molar refractivity (Wildman–Crippen MR) is 199 cm³/mol. The number of benzene rings is 5. The number of rotatable bonds is 10. The molecule has 0 spiro atoms. The van der Waals surface area contributed by atoms with Crippen molar-refractivity contribution in [1.82, 2.24) is 25.2 Å². The number of ether oxygens (including phenoxy) is 2. The van der Waals surface area contributed by atoms with Crippen LogP contribution < -0.4 is 4.74 Å². The van der Waals surface area contributed by atoms with Crippen LogP contribution in [-0.4, -0.2) is 44.9 Å². The number of hydrogen-bond acceptors (Lipinski definition) is 7. The molecule has 0 amide bonds. The molecule has 8 nitrogen and oxygen atoms in total. The van der Waals surface area contributed by atoms with E-state index in [-0.39, 0.29) is 6.61 Å². The van der Waals surface area contributed by atoms with Crippen LogP contribution in [0.25, 0.3) is 33.6 Å². The van der Waals surface area contributed by atoms with Gasteiger partial charge in [-0.15, -0.1) is 5.10 Å². The zero-order valence-electron chi connectivity index (χ0n) is 28.9. The van der Waals surface area contributed by atoms with Crippen LogP contribution in [0.1, 0.15) is 45.4 Å². The smallest absolute Gasteiger partial charge is 0.340 e. The highest BCUT2D eigenvalue weighted by Gasteiger charge is 2.42. The summed E-state index contributed by atoms with van der Waals surface area (Å²) in [5, 5.41) is 13.8. The van der Waals surface area contributed by atoms with Gasteiger partial charge in [0.2, 0.25) is 0 Å². The summed E-state index contributed by atoms with van der Waals surface area (Å²) in [6.07, 6.45) is 0. The fourth-order valence-electron chi connectivity index (χ4n) is 7.04. The third kappa shape index (κ3) is 5.84. The van der Waals surface area contributed by atoms with Crippen LogP contribution in [0.3, 0.4) is 0 Å². The van der Waals surface area contributed by atoms with Crippen LogP contribution in [-0.2, 0) is 10.3 Å². The van der Waals surface area contributed by atoms with Gasteiger partial charge in [0.05, 0.1) is 30.7 Å². The average Bonchev–Trinajstić information content (AvgIpc) is 3.66. The van der Waals surface area contributed by atoms with E-state index >= 15 is 0 Å². The highest BCUT2D eigenvalue weighted by Crippen LogP contribution is 2.44. The van der Waals surface area contributed by atoms with Gasteiger partial charge in [-0.1, -0.05) is 140 Å². The number of aromatic nitrogens is 5. The van der Waals surface area contributed by atoms with E-state index in [2.05, 4.69) is 58.7 Å². The Balaban J connectivity index is 1.41. The van der Waals surface area contributed by atoms with Crippen molar-refractivity contribution in [2.45, 2.75) is 26.3 Å². The van der Waals surface area contributed by atoms with E-state index in [1.165, 1.54) is 0 Å². The molecule has 8 heteroatoms. The monoisotopic (exact) mass is 671 g/mol. The molecule has 0 N–H and O–H groups in total. The van der Waals surface area contributed by atoms with Crippen molar-refractivity contribution < 1.29 is 14.3 Å². The van der Waals surface area contributed by atoms with Crippen LogP contribution in [0, 0.1) is 13.8 Å². The fourth-order valence-corrected chi connectivity index (χ4v) is 7.04. The minimum atomic E-state index is -0.892. The molecule has 2 heterocycles. The Morgan fingerprint density at radius 3 is 1.71 bits per heavy atom. The summed E-state index contributed by atoms with van der Waals surface area (Å²) in [7, 11) is 1.59. The summed E-state index contributed by atoms with van der Waals surface area (Å²) in [5.74, 6) is 0.712. The number of esters is 1. The van der Waals surface area contributed by atoms with Gasteiger partial charge in [0.1, 0.15) is 11.3 Å². The quantitative estimate of drug-likeness (QED) is 0.106. The van der Waals surface area contributed by atoms with Gasteiger partial charge in [0, 0.05) is 11.1 Å². The van der Waals surface area contributed by atoms with E-state index in [9.17, 15) is 4.79 Å². The molecule has 2 aromatic heterocycles. The molecular formula is C43H37N5O3. The summed E-state index contributed by atoms with van der Waals surface area (Å²) in [6.45, 7) is 5.73. The third-order valence-corrected chi connectivity index (χ3v) is 9.20. The number of aryl methyl sites for hydroxylation is 2. The number of methoxy groups -OCH3 is 1. The second-order valence-corrected chi connectivity index (χ2v) is 12.1. The van der Waals surface area contributed by atoms with E-state index in [0.717, 1.165) is 38.9 Å². The molecule has 7 aromatic rings. The Morgan fingerprint density at radius 2 is 1.18 bits per heavy atom. The molecule has 0 radical (unpaired) electrons. The van der Waals surface area contributed by atoms with Crippen LogP contribution in [0.15, 0.2) is 140 Å². The van der Waals surface area contributed by atoms with Crippen molar-refractivity contribution in [2.24, 2.45) is 0 Å². The molecule has 0 aliphatic rings. The van der Waals surface area contributed by atoms with Gasteiger partial charge in [0.25, 0.3) is 0 Å². The van der Waals surface area contributed by atoms with E-state index < -0.39 is 11.5 Å². The maximum absolute atomic E-state index is 13.2. The van der Waals surface area contributed by atoms with E-state index in [4.69, 9.17) is 19.8 Å². The molecule has 0 aliphatic carbocycles. The third-order valence-electron chi connectivity index (χ3n) is 9.20. The van der Waals surface area contributed by atoms with Crippen molar-refractivity contribution in [2.75, 3.05) is 13.7 Å². The van der Waals surface area contributed by atoms with Crippen LogP contribution in [0.5, 0.6) is 5.75 Å². The van der Waals surface area contributed by atoms with Crippen LogP contribution in [0.4, 0.5) is 0 Å². The van der Waals surface area contributed by atoms with Crippen LogP contribution in [0.2, 0.25) is 0 Å². The van der Waals surface area contributed by atoms with E-state index in [1.54, 1.807) is 14.0 Å². The number of tetrazole rings is 1. The molecule has 51 heavy (non-hydrogen) atoms. The molecule has 0 atom stereocenters. The Bertz CT molecular complexity index is 2190. The van der Waals surface area contributed by atoms with Crippen molar-refractivity contribution in [1.29, 1.82) is 0 Å². The summed E-state index contributed by atoms with van der Waals surface area (Å²) < 4.78 is 13.2. The van der Waals surface area contributed by atoms with Gasteiger partial charge < -0.3 is 9.47 Å². The minimum absolute atomic E-state index is 0.253. The molecule has 5 aromatic carbocycles. The lowest BCUT2D eigenvalue weighted by molar-refractivity contribution is 0.0525. The molecule has 0 aliphatic heterocycles. The first kappa shape index (κ1) is 33.1. The number of carbonyl (C=O) groups is 1. The lowest BCUT2D eigenvalue weighted by atomic mass is 9.77. The molecular weight excluding hydrogens is 635 g/mol. The number of hydrogen-bond donors (Lipinski definition) is 0. The van der Waals surface area contributed by atoms with Gasteiger partial charge in [0.15, 0.2) is 5.82 Å². The Morgan fingerprint density at radius 1 is 0.667 bits per heavy atom. The molecule has 0 fully saturated rings. The summed E-state index contributed by atoms with van der Waals surface area (Å²) in [6, 6.07) is 47.3. The largest absolute Gasteiger partial charge is 0.494 e. The fraction of sp³-hybridized carbons (Fsp3) is 0.140. The summed E-state index contributed by atoms with van der Waals surface area (Å²) >= 11 is 0. The first-order valence-corrected chi connectivity index (χ1v) is 16.9. The highest BCUT2D eigenvalue weighted by atomic mass is 16.5. The Hall–Kier alpha value is -6.41. The number of nitrogens with zero attached hydrogens (tertiary/aromatic N) is 5.